The minimum Gasteiger partial charge on any atom is -0.380 e. The van der Waals surface area contributed by atoms with E-state index >= 15 is 0 Å². The van der Waals surface area contributed by atoms with Gasteiger partial charge in [0.1, 0.15) is 14.1 Å². The number of hydrogen-bond donors (Lipinski definition) is 1. The van der Waals surface area contributed by atoms with Crippen LogP contribution in [0, 0.1) is 0 Å². The summed E-state index contributed by atoms with van der Waals surface area (Å²) in [5.41, 5.74) is 4.19. The average Bonchev–Trinajstić information content (AvgIpc) is 2.43. The van der Waals surface area contributed by atoms with Crippen LogP contribution in [-0.2, 0) is 0 Å². The number of thioether (sulfide) groups is 1. The second kappa shape index (κ2) is 5.32. The Bertz CT molecular complexity index is 547. The van der Waals surface area contributed by atoms with E-state index in [1.54, 1.807) is 5.71 Å². The van der Waals surface area contributed by atoms with Gasteiger partial charge in [-0.25, -0.2) is 4.58 Å². The van der Waals surface area contributed by atoms with E-state index in [0.29, 0.717) is 11.3 Å². The average molecular weight is 290 g/mol. The van der Waals surface area contributed by atoms with Crippen LogP contribution in [0.4, 0.5) is 11.4 Å². The zero-order chi connectivity index (χ0) is 14.3. The van der Waals surface area contributed by atoms with Crippen LogP contribution in [-0.4, -0.2) is 49.8 Å². The molecule has 3 rings (SSSR count). The maximum atomic E-state index is 3.75. The SMILES string of the molecule is CN(C)c1ccc2c(c1)S[C@H]1CC(=[N+](C)C)CC[C@@H]1N2. The lowest BCUT2D eigenvalue weighted by Crippen LogP contribution is -2.41. The van der Waals surface area contributed by atoms with E-state index in [2.05, 4.69) is 72.9 Å². The Balaban J connectivity index is 1.86. The normalized spacial score (nSPS) is 24.5. The molecule has 0 unspecified atom stereocenters. The molecule has 1 aliphatic carbocycles. The standard InChI is InChI=1S/C16H24N3S/c1-18(2)11-5-7-13-15(9-11)20-16-10-12(19(3)4)6-8-14(16)17-13/h5,7,9,14,16-17H,6,8,10H2,1-4H3/q+1/t14-,16-/m0/s1. The van der Waals surface area contributed by atoms with Crippen LogP contribution in [0.2, 0.25) is 0 Å². The van der Waals surface area contributed by atoms with Gasteiger partial charge in [0.05, 0.1) is 0 Å². The molecular formula is C16H24N3S+. The molecule has 1 aliphatic heterocycles. The highest BCUT2D eigenvalue weighted by Gasteiger charge is 2.35. The van der Waals surface area contributed by atoms with Gasteiger partial charge in [0.25, 0.3) is 0 Å². The van der Waals surface area contributed by atoms with Crippen LogP contribution in [0.1, 0.15) is 19.3 Å². The third-order valence-corrected chi connectivity index (χ3v) is 5.75. The van der Waals surface area contributed by atoms with Gasteiger partial charge in [-0.15, -0.1) is 11.8 Å². The molecule has 1 saturated carbocycles. The molecule has 108 valence electrons. The molecule has 1 fully saturated rings. The number of nitrogens with one attached hydrogen (secondary N) is 1. The van der Waals surface area contributed by atoms with E-state index in [0.717, 1.165) is 0 Å². The quantitative estimate of drug-likeness (QED) is 0.802. The summed E-state index contributed by atoms with van der Waals surface area (Å²) in [7, 11) is 8.55. The van der Waals surface area contributed by atoms with Crippen molar-refractivity contribution < 1.29 is 4.58 Å². The molecular weight excluding hydrogens is 266 g/mol. The van der Waals surface area contributed by atoms with E-state index in [4.69, 9.17) is 0 Å². The smallest absolute Gasteiger partial charge is 0.153 e. The highest BCUT2D eigenvalue weighted by atomic mass is 32.2. The minimum atomic E-state index is 0.626. The lowest BCUT2D eigenvalue weighted by molar-refractivity contribution is -0.467. The number of anilines is 2. The molecule has 0 bridgehead atoms. The van der Waals surface area contributed by atoms with Gasteiger partial charge in [0.15, 0.2) is 5.71 Å². The van der Waals surface area contributed by atoms with Gasteiger partial charge in [0, 0.05) is 54.5 Å². The summed E-state index contributed by atoms with van der Waals surface area (Å²) in [6.45, 7) is 0. The fourth-order valence-electron chi connectivity index (χ4n) is 3.05. The Kier molecular flexibility index (Phi) is 3.67. The van der Waals surface area contributed by atoms with E-state index < -0.39 is 0 Å². The topological polar surface area (TPSA) is 18.3 Å². The maximum absolute atomic E-state index is 3.75. The van der Waals surface area contributed by atoms with Gasteiger partial charge in [-0.05, 0) is 24.6 Å². The Labute approximate surface area is 126 Å². The predicted octanol–water partition coefficient (Wildman–Crippen LogP) is 2.90. The van der Waals surface area contributed by atoms with Gasteiger partial charge in [0.2, 0.25) is 0 Å². The molecule has 0 spiro atoms. The number of hydrogen-bond acceptors (Lipinski definition) is 3. The minimum absolute atomic E-state index is 0.626. The van der Waals surface area contributed by atoms with Gasteiger partial charge in [-0.3, -0.25) is 0 Å². The molecule has 4 heteroatoms. The summed E-state index contributed by atoms with van der Waals surface area (Å²) in [6, 6.07) is 7.38. The molecule has 3 nitrogen and oxygen atoms in total. The summed E-state index contributed by atoms with van der Waals surface area (Å²) in [6.07, 6.45) is 3.69. The zero-order valence-corrected chi connectivity index (χ0v) is 13.6. The lowest BCUT2D eigenvalue weighted by atomic mass is 9.92. The largest absolute Gasteiger partial charge is 0.380 e. The first kappa shape index (κ1) is 13.8. The van der Waals surface area contributed by atoms with Crippen LogP contribution in [0.25, 0.3) is 0 Å². The molecule has 0 aromatic heterocycles. The Morgan fingerprint density at radius 1 is 1.30 bits per heavy atom. The summed E-state index contributed by atoms with van der Waals surface area (Å²) < 4.78 is 2.31. The first-order valence-corrected chi connectivity index (χ1v) is 8.19. The van der Waals surface area contributed by atoms with Crippen molar-refractivity contribution in [3.05, 3.63) is 18.2 Å². The summed E-state index contributed by atoms with van der Waals surface area (Å²) in [4.78, 5) is 3.57. The fraction of sp³-hybridized carbons (Fsp3) is 0.562. The van der Waals surface area contributed by atoms with Gasteiger partial charge >= 0.3 is 0 Å². The molecule has 1 aromatic rings. The van der Waals surface area contributed by atoms with Crippen LogP contribution in [0.5, 0.6) is 0 Å². The van der Waals surface area contributed by atoms with Crippen LogP contribution >= 0.6 is 11.8 Å². The van der Waals surface area contributed by atoms with Crippen molar-refractivity contribution >= 4 is 28.8 Å². The molecule has 1 heterocycles. The molecule has 1 aromatic carbocycles. The molecule has 0 saturated heterocycles. The number of benzene rings is 1. The van der Waals surface area contributed by atoms with Crippen LogP contribution in [0.3, 0.4) is 0 Å². The van der Waals surface area contributed by atoms with Crippen molar-refractivity contribution in [1.29, 1.82) is 0 Å². The molecule has 0 radical (unpaired) electrons. The van der Waals surface area contributed by atoms with Crippen molar-refractivity contribution in [1.82, 2.24) is 0 Å². The third-order valence-electron chi connectivity index (χ3n) is 4.36. The van der Waals surface area contributed by atoms with Crippen molar-refractivity contribution in [2.75, 3.05) is 38.4 Å². The highest BCUT2D eigenvalue weighted by Crippen LogP contribution is 2.43. The Hall–Kier alpha value is -1.16. The molecule has 0 amide bonds. The number of rotatable bonds is 1. The van der Waals surface area contributed by atoms with E-state index in [9.17, 15) is 0 Å². The van der Waals surface area contributed by atoms with Gasteiger partial charge in [-0.2, -0.15) is 0 Å². The van der Waals surface area contributed by atoms with E-state index in [1.165, 1.54) is 35.5 Å². The Morgan fingerprint density at radius 3 is 2.80 bits per heavy atom. The van der Waals surface area contributed by atoms with Gasteiger partial charge in [-0.1, -0.05) is 0 Å². The van der Waals surface area contributed by atoms with E-state index in [1.807, 2.05) is 0 Å². The van der Waals surface area contributed by atoms with Crippen molar-refractivity contribution in [2.45, 2.75) is 35.4 Å². The highest BCUT2D eigenvalue weighted by molar-refractivity contribution is 8.00. The second-order valence-electron chi connectivity index (χ2n) is 6.19. The van der Waals surface area contributed by atoms with Crippen LogP contribution < -0.4 is 10.2 Å². The van der Waals surface area contributed by atoms with Gasteiger partial charge < -0.3 is 10.2 Å². The van der Waals surface area contributed by atoms with Crippen molar-refractivity contribution in [3.8, 4) is 0 Å². The summed E-state index contributed by atoms with van der Waals surface area (Å²) in [5.74, 6) is 0. The first-order chi connectivity index (χ1) is 9.54. The number of fused-ring (bicyclic) bond motifs is 2. The summed E-state index contributed by atoms with van der Waals surface area (Å²) >= 11 is 2.06. The van der Waals surface area contributed by atoms with E-state index in [-0.39, 0.29) is 0 Å². The molecule has 1 N–H and O–H groups in total. The molecule has 20 heavy (non-hydrogen) atoms. The second-order valence-corrected chi connectivity index (χ2v) is 7.47. The zero-order valence-electron chi connectivity index (χ0n) is 12.8. The lowest BCUT2D eigenvalue weighted by Gasteiger charge is -2.37. The first-order valence-electron chi connectivity index (χ1n) is 7.31. The monoisotopic (exact) mass is 290 g/mol. The number of nitrogens with zero attached hydrogens (tertiary/aromatic N) is 2. The van der Waals surface area contributed by atoms with Crippen molar-refractivity contribution in [3.63, 3.8) is 0 Å². The molecule has 2 aliphatic rings. The predicted molar refractivity (Wildman–Crippen MR) is 88.8 cm³/mol. The Morgan fingerprint density at radius 2 is 2.10 bits per heavy atom. The van der Waals surface area contributed by atoms with Crippen molar-refractivity contribution in [2.24, 2.45) is 0 Å². The fourth-order valence-corrected chi connectivity index (χ4v) is 4.46. The summed E-state index contributed by atoms with van der Waals surface area (Å²) in [5, 5.41) is 4.43. The maximum Gasteiger partial charge on any atom is 0.153 e. The third kappa shape index (κ3) is 2.53. The van der Waals surface area contributed by atoms with Crippen LogP contribution in [0.15, 0.2) is 23.1 Å². The molecule has 2 atom stereocenters.